The largest absolute Gasteiger partial charge is 0.229 e. The molecule has 1 aromatic carbocycles. The highest BCUT2D eigenvalue weighted by molar-refractivity contribution is 9.09. The topological polar surface area (TPSA) is 34.1 Å². The Bertz CT molecular complexity index is 510. The van der Waals surface area contributed by atoms with Crippen LogP contribution < -0.4 is 0 Å². The molecule has 1 heterocycles. The zero-order valence-corrected chi connectivity index (χ0v) is 13.0. The summed E-state index contributed by atoms with van der Waals surface area (Å²) in [6.07, 6.45) is 3.43. The van der Waals surface area contributed by atoms with E-state index in [1.54, 1.807) is 0 Å². The van der Waals surface area contributed by atoms with Crippen LogP contribution in [-0.4, -0.2) is 24.2 Å². The van der Waals surface area contributed by atoms with E-state index < -0.39 is 9.84 Å². The summed E-state index contributed by atoms with van der Waals surface area (Å²) < 4.78 is 24.1. The second-order valence-electron chi connectivity index (χ2n) is 5.11. The second kappa shape index (κ2) is 5.74. The molecule has 0 saturated carbocycles. The highest BCUT2D eigenvalue weighted by Crippen LogP contribution is 2.28. The van der Waals surface area contributed by atoms with Gasteiger partial charge in [-0.3, -0.25) is 0 Å². The van der Waals surface area contributed by atoms with Crippen LogP contribution in [0.25, 0.3) is 0 Å². The Balaban J connectivity index is 2.09. The zero-order chi connectivity index (χ0) is 13.2. The van der Waals surface area contributed by atoms with Crippen LogP contribution >= 0.6 is 15.9 Å². The van der Waals surface area contributed by atoms with Gasteiger partial charge in [-0.05, 0) is 31.7 Å². The van der Waals surface area contributed by atoms with E-state index in [0.29, 0.717) is 5.75 Å². The van der Waals surface area contributed by atoms with Crippen molar-refractivity contribution in [2.75, 3.05) is 5.75 Å². The number of aryl methyl sites for hydroxylation is 1. The molecule has 1 aliphatic heterocycles. The van der Waals surface area contributed by atoms with E-state index in [-0.39, 0.29) is 10.1 Å². The molecule has 4 heteroatoms. The third-order valence-corrected chi connectivity index (χ3v) is 7.20. The maximum absolute atomic E-state index is 12.1. The zero-order valence-electron chi connectivity index (χ0n) is 10.6. The quantitative estimate of drug-likeness (QED) is 0.797. The van der Waals surface area contributed by atoms with Gasteiger partial charge in [-0.15, -0.1) is 0 Å². The predicted molar refractivity (Wildman–Crippen MR) is 79.0 cm³/mol. The van der Waals surface area contributed by atoms with Crippen LogP contribution in [0.4, 0.5) is 0 Å². The summed E-state index contributed by atoms with van der Waals surface area (Å²) in [5.74, 6) is 0.355. The molecule has 1 fully saturated rings. The smallest absolute Gasteiger partial charge is 0.154 e. The highest BCUT2D eigenvalue weighted by atomic mass is 79.9. The lowest BCUT2D eigenvalue weighted by Crippen LogP contribution is -2.36. The minimum Gasteiger partial charge on any atom is -0.229 e. The number of halogens is 1. The van der Waals surface area contributed by atoms with Gasteiger partial charge in [0.15, 0.2) is 9.84 Å². The molecule has 0 bridgehead atoms. The van der Waals surface area contributed by atoms with Crippen molar-refractivity contribution in [2.45, 2.75) is 42.7 Å². The van der Waals surface area contributed by atoms with Gasteiger partial charge in [-0.2, -0.15) is 0 Å². The van der Waals surface area contributed by atoms with E-state index in [9.17, 15) is 8.42 Å². The molecule has 1 aromatic rings. The molecule has 18 heavy (non-hydrogen) atoms. The molecular weight excluding hydrogens is 312 g/mol. The van der Waals surface area contributed by atoms with Crippen molar-refractivity contribution in [1.29, 1.82) is 0 Å². The minimum absolute atomic E-state index is 0.0320. The molecule has 0 N–H and O–H groups in total. The summed E-state index contributed by atoms with van der Waals surface area (Å²) in [4.78, 5) is 0.0320. The van der Waals surface area contributed by atoms with Crippen molar-refractivity contribution in [3.8, 4) is 0 Å². The molecule has 2 rings (SSSR count). The van der Waals surface area contributed by atoms with Gasteiger partial charge in [0.1, 0.15) is 0 Å². The fourth-order valence-electron chi connectivity index (χ4n) is 2.58. The second-order valence-corrected chi connectivity index (χ2v) is 8.63. The normalized spacial score (nSPS) is 24.7. The van der Waals surface area contributed by atoms with Crippen molar-refractivity contribution >= 4 is 25.8 Å². The molecule has 0 aromatic heterocycles. The first-order valence-electron chi connectivity index (χ1n) is 6.40. The van der Waals surface area contributed by atoms with Crippen molar-refractivity contribution in [3.05, 3.63) is 35.4 Å². The molecular formula is C14H19BrO2S. The Kier molecular flexibility index (Phi) is 4.49. The number of alkyl halides is 1. The standard InChI is InChI=1S/C14H19BrO2S/c1-11-5-4-6-12(9-11)10-13(15)14-7-2-3-8-18(14,16)17/h4-6,9,13-14H,2-3,7-8,10H2,1H3. The average Bonchev–Trinajstić information content (AvgIpc) is 2.28. The third kappa shape index (κ3) is 3.35. The maximum Gasteiger partial charge on any atom is 0.154 e. The monoisotopic (exact) mass is 330 g/mol. The van der Waals surface area contributed by atoms with Gasteiger partial charge >= 0.3 is 0 Å². The van der Waals surface area contributed by atoms with Crippen molar-refractivity contribution in [3.63, 3.8) is 0 Å². The molecule has 0 amide bonds. The lowest BCUT2D eigenvalue weighted by Gasteiger charge is -2.26. The molecule has 2 nitrogen and oxygen atoms in total. The first-order valence-corrected chi connectivity index (χ1v) is 9.03. The highest BCUT2D eigenvalue weighted by Gasteiger charge is 2.34. The summed E-state index contributed by atoms with van der Waals surface area (Å²) >= 11 is 3.60. The molecule has 0 aliphatic carbocycles. The van der Waals surface area contributed by atoms with Crippen LogP contribution in [0.3, 0.4) is 0 Å². The Labute approximate surface area is 118 Å². The Morgan fingerprint density at radius 2 is 2.17 bits per heavy atom. The van der Waals surface area contributed by atoms with Gasteiger partial charge in [0, 0.05) is 4.83 Å². The molecule has 0 radical (unpaired) electrons. The van der Waals surface area contributed by atoms with Gasteiger partial charge in [-0.1, -0.05) is 52.2 Å². The Morgan fingerprint density at radius 3 is 2.83 bits per heavy atom. The fourth-order valence-corrected chi connectivity index (χ4v) is 6.19. The summed E-state index contributed by atoms with van der Waals surface area (Å²) in [6.45, 7) is 2.06. The van der Waals surface area contributed by atoms with E-state index in [1.165, 1.54) is 11.1 Å². The lowest BCUT2D eigenvalue weighted by molar-refractivity contribution is 0.533. The van der Waals surface area contributed by atoms with Gasteiger partial charge in [0.2, 0.25) is 0 Å². The molecule has 100 valence electrons. The number of rotatable bonds is 3. The van der Waals surface area contributed by atoms with E-state index >= 15 is 0 Å². The predicted octanol–water partition coefficient (Wildman–Crippen LogP) is 3.27. The van der Waals surface area contributed by atoms with Crippen molar-refractivity contribution < 1.29 is 8.42 Å². The van der Waals surface area contributed by atoms with Crippen LogP contribution in [0.15, 0.2) is 24.3 Å². The minimum atomic E-state index is -2.90. The van der Waals surface area contributed by atoms with Gasteiger partial charge in [-0.25, -0.2) is 8.42 Å². The fraction of sp³-hybridized carbons (Fsp3) is 0.571. The number of hydrogen-bond acceptors (Lipinski definition) is 2. The maximum atomic E-state index is 12.1. The molecule has 2 atom stereocenters. The molecule has 1 saturated heterocycles. The van der Waals surface area contributed by atoms with E-state index in [0.717, 1.165) is 25.7 Å². The van der Waals surface area contributed by atoms with Gasteiger partial charge in [0.25, 0.3) is 0 Å². The third-order valence-electron chi connectivity index (χ3n) is 3.55. The number of hydrogen-bond donors (Lipinski definition) is 0. The Morgan fingerprint density at radius 1 is 1.39 bits per heavy atom. The summed E-state index contributed by atoms with van der Waals surface area (Å²) in [7, 11) is -2.90. The van der Waals surface area contributed by atoms with Crippen LogP contribution in [0, 0.1) is 6.92 Å². The molecule has 1 aliphatic rings. The Hall–Kier alpha value is -0.350. The van der Waals surface area contributed by atoms with E-state index in [4.69, 9.17) is 0 Å². The molecule has 0 spiro atoms. The number of benzene rings is 1. The molecule has 2 unspecified atom stereocenters. The first-order chi connectivity index (χ1) is 8.49. The average molecular weight is 331 g/mol. The van der Waals surface area contributed by atoms with Crippen molar-refractivity contribution in [2.24, 2.45) is 0 Å². The summed E-state index contributed by atoms with van der Waals surface area (Å²) in [6, 6.07) is 8.28. The van der Waals surface area contributed by atoms with E-state index in [2.05, 4.69) is 41.1 Å². The lowest BCUT2D eigenvalue weighted by atomic mass is 10.0. The van der Waals surface area contributed by atoms with Gasteiger partial charge < -0.3 is 0 Å². The van der Waals surface area contributed by atoms with Crippen LogP contribution in [0.5, 0.6) is 0 Å². The van der Waals surface area contributed by atoms with Crippen molar-refractivity contribution in [1.82, 2.24) is 0 Å². The van der Waals surface area contributed by atoms with E-state index in [1.807, 2.05) is 6.07 Å². The summed E-state index contributed by atoms with van der Waals surface area (Å²) in [5, 5.41) is -0.216. The number of sulfone groups is 1. The first kappa shape index (κ1) is 14.1. The van der Waals surface area contributed by atoms with Crippen LogP contribution in [-0.2, 0) is 16.3 Å². The van der Waals surface area contributed by atoms with Gasteiger partial charge in [0.05, 0.1) is 11.0 Å². The van der Waals surface area contributed by atoms with Crippen LogP contribution in [0.1, 0.15) is 30.4 Å². The SMILES string of the molecule is Cc1cccc(CC(Br)C2CCCCS2(=O)=O)c1. The summed E-state index contributed by atoms with van der Waals surface area (Å²) in [5.41, 5.74) is 2.43. The van der Waals surface area contributed by atoms with Crippen LogP contribution in [0.2, 0.25) is 0 Å².